The van der Waals surface area contributed by atoms with E-state index in [4.69, 9.17) is 29.3 Å². The molecule has 9 nitrogen and oxygen atoms in total. The zero-order chi connectivity index (χ0) is 33.4. The number of ether oxygens (including phenoxy) is 3. The quantitative estimate of drug-likeness (QED) is 0.178. The van der Waals surface area contributed by atoms with Crippen LogP contribution in [0.15, 0.2) is 66.9 Å². The number of nitrogens with zero attached hydrogens (tertiary/aromatic N) is 5. The summed E-state index contributed by atoms with van der Waals surface area (Å²) in [6.07, 6.45) is 6.65. The van der Waals surface area contributed by atoms with Crippen molar-refractivity contribution >= 4 is 17.1 Å². The zero-order valence-electron chi connectivity index (χ0n) is 28.5. The molecule has 1 aliphatic carbocycles. The predicted octanol–water partition coefficient (Wildman–Crippen LogP) is 7.83. The Morgan fingerprint density at radius 2 is 1.73 bits per heavy atom. The Bertz CT molecular complexity index is 1940. The molecule has 1 aliphatic heterocycles. The summed E-state index contributed by atoms with van der Waals surface area (Å²) in [5.74, 6) is 1.82. The van der Waals surface area contributed by atoms with E-state index in [1.807, 2.05) is 43.8 Å². The smallest absolute Gasteiger partial charge is 0.410 e. The highest BCUT2D eigenvalue weighted by Gasteiger charge is 2.28. The molecule has 0 atom stereocenters. The maximum atomic E-state index is 12.6. The van der Waals surface area contributed by atoms with Gasteiger partial charge in [0.25, 0.3) is 0 Å². The molecular weight excluding hydrogens is 602 g/mol. The third-order valence-corrected chi connectivity index (χ3v) is 9.43. The van der Waals surface area contributed by atoms with E-state index < -0.39 is 5.60 Å². The molecule has 1 fully saturated rings. The summed E-state index contributed by atoms with van der Waals surface area (Å²) < 4.78 is 18.9. The van der Waals surface area contributed by atoms with Gasteiger partial charge < -0.3 is 19.1 Å². The maximum Gasteiger partial charge on any atom is 0.410 e. The van der Waals surface area contributed by atoms with Crippen LogP contribution < -0.4 is 9.47 Å². The SMILES string of the molecule is COc1ccc(Cn2nc(-c3ccc(C4CCN(C(=O)OC(C)(C)C)CC4)nc3)c3nc(-c4cccc5c4CCC5)c(OC)cc32)cc1. The van der Waals surface area contributed by atoms with Crippen LogP contribution in [-0.4, -0.2) is 63.7 Å². The maximum absolute atomic E-state index is 12.6. The van der Waals surface area contributed by atoms with E-state index in [9.17, 15) is 4.79 Å². The number of likely N-dealkylation sites (tertiary alicyclic amines) is 1. The molecule has 48 heavy (non-hydrogen) atoms. The Kier molecular flexibility index (Phi) is 8.54. The lowest BCUT2D eigenvalue weighted by atomic mass is 9.93. The Balaban J connectivity index is 1.23. The molecule has 0 unspecified atom stereocenters. The van der Waals surface area contributed by atoms with Gasteiger partial charge in [-0.05, 0) is 93.8 Å². The summed E-state index contributed by atoms with van der Waals surface area (Å²) in [7, 11) is 3.38. The Hall–Kier alpha value is -4.92. The van der Waals surface area contributed by atoms with Crippen molar-refractivity contribution in [3.05, 3.63) is 89.2 Å². The van der Waals surface area contributed by atoms with Gasteiger partial charge in [0.1, 0.15) is 34.0 Å². The third kappa shape index (κ3) is 6.33. The fraction of sp³-hybridized carbons (Fsp3) is 0.385. The average molecular weight is 646 g/mol. The van der Waals surface area contributed by atoms with Crippen LogP contribution in [0.25, 0.3) is 33.5 Å². The summed E-state index contributed by atoms with van der Waals surface area (Å²) in [4.78, 5) is 24.6. The van der Waals surface area contributed by atoms with Crippen LogP contribution in [-0.2, 0) is 24.1 Å². The van der Waals surface area contributed by atoms with Crippen molar-refractivity contribution in [2.24, 2.45) is 0 Å². The zero-order valence-corrected chi connectivity index (χ0v) is 28.5. The number of rotatable bonds is 7. The van der Waals surface area contributed by atoms with Gasteiger partial charge in [-0.3, -0.25) is 9.67 Å². The van der Waals surface area contributed by atoms with Crippen LogP contribution in [0.1, 0.15) is 68.3 Å². The van der Waals surface area contributed by atoms with Crippen LogP contribution in [0.4, 0.5) is 4.79 Å². The monoisotopic (exact) mass is 645 g/mol. The number of carbonyl (C=O) groups excluding carboxylic acids is 1. The molecule has 1 amide bonds. The van der Waals surface area contributed by atoms with Crippen molar-refractivity contribution in [2.75, 3.05) is 27.3 Å². The molecule has 9 heteroatoms. The molecule has 0 N–H and O–H groups in total. The molecule has 0 bridgehead atoms. The number of amides is 1. The van der Waals surface area contributed by atoms with E-state index in [1.54, 1.807) is 19.1 Å². The number of pyridine rings is 2. The standard InChI is InChI=1S/C39H43N5O4/c1-39(2,3)48-38(45)43-20-18-27(19-21-43)32-17-14-28(23-40-32)35-37-33(44(42-35)24-25-12-15-29(46-4)16-13-25)22-34(47-5)36(41-37)31-11-7-9-26-8-6-10-30(26)31/h7,9,11-17,22-23,27H,6,8,10,18-21,24H2,1-5H3. The van der Waals surface area contributed by atoms with Crippen molar-refractivity contribution < 1.29 is 19.0 Å². The number of benzene rings is 2. The number of hydrogen-bond acceptors (Lipinski definition) is 7. The number of aromatic nitrogens is 4. The molecule has 0 radical (unpaired) electrons. The Morgan fingerprint density at radius 1 is 0.938 bits per heavy atom. The minimum atomic E-state index is -0.501. The lowest BCUT2D eigenvalue weighted by Gasteiger charge is -2.33. The first kappa shape index (κ1) is 31.7. The predicted molar refractivity (Wildman–Crippen MR) is 187 cm³/mol. The minimum absolute atomic E-state index is 0.245. The fourth-order valence-corrected chi connectivity index (χ4v) is 6.96. The highest BCUT2D eigenvalue weighted by atomic mass is 16.6. The normalized spacial score (nSPS) is 15.1. The molecule has 0 spiro atoms. The minimum Gasteiger partial charge on any atom is -0.497 e. The number of piperidine rings is 1. The molecular formula is C39H43N5O4. The van der Waals surface area contributed by atoms with E-state index in [1.165, 1.54) is 11.1 Å². The van der Waals surface area contributed by atoms with Crippen LogP contribution in [0, 0.1) is 0 Å². The summed E-state index contributed by atoms with van der Waals surface area (Å²) in [5, 5.41) is 5.15. The Morgan fingerprint density at radius 3 is 2.42 bits per heavy atom. The highest BCUT2D eigenvalue weighted by molar-refractivity contribution is 5.93. The van der Waals surface area contributed by atoms with E-state index in [-0.39, 0.29) is 12.0 Å². The number of hydrogen-bond donors (Lipinski definition) is 0. The van der Waals surface area contributed by atoms with Gasteiger partial charge in [0.05, 0.1) is 26.3 Å². The first-order valence-corrected chi connectivity index (χ1v) is 16.8. The van der Waals surface area contributed by atoms with Crippen LogP contribution in [0.3, 0.4) is 0 Å². The lowest BCUT2D eigenvalue weighted by molar-refractivity contribution is 0.0204. The summed E-state index contributed by atoms with van der Waals surface area (Å²) >= 11 is 0. The molecule has 1 saturated heterocycles. The van der Waals surface area contributed by atoms with Crippen molar-refractivity contribution in [1.82, 2.24) is 24.6 Å². The van der Waals surface area contributed by atoms with Crippen LogP contribution in [0.5, 0.6) is 11.5 Å². The van der Waals surface area contributed by atoms with Gasteiger partial charge in [-0.25, -0.2) is 9.78 Å². The van der Waals surface area contributed by atoms with E-state index in [0.717, 1.165) is 88.4 Å². The van der Waals surface area contributed by atoms with Gasteiger partial charge in [0, 0.05) is 48.1 Å². The second-order valence-corrected chi connectivity index (χ2v) is 13.8. The third-order valence-electron chi connectivity index (χ3n) is 9.43. The van der Waals surface area contributed by atoms with Gasteiger partial charge >= 0.3 is 6.09 Å². The highest BCUT2D eigenvalue weighted by Crippen LogP contribution is 2.40. The van der Waals surface area contributed by atoms with Crippen LogP contribution >= 0.6 is 0 Å². The topological polar surface area (TPSA) is 91.6 Å². The van der Waals surface area contributed by atoms with E-state index in [2.05, 4.69) is 48.5 Å². The van der Waals surface area contributed by atoms with Crippen molar-refractivity contribution in [2.45, 2.75) is 70.9 Å². The first-order chi connectivity index (χ1) is 23.2. The molecule has 4 heterocycles. The molecule has 5 aromatic rings. The van der Waals surface area contributed by atoms with Crippen molar-refractivity contribution in [3.8, 4) is 34.0 Å². The number of aryl methyl sites for hydroxylation is 1. The molecule has 2 aliphatic rings. The molecule has 3 aromatic heterocycles. The number of methoxy groups -OCH3 is 2. The number of fused-ring (bicyclic) bond motifs is 2. The summed E-state index contributed by atoms with van der Waals surface area (Å²) in [6.45, 7) is 7.56. The lowest BCUT2D eigenvalue weighted by Crippen LogP contribution is -2.41. The van der Waals surface area contributed by atoms with Gasteiger partial charge in [-0.2, -0.15) is 5.10 Å². The van der Waals surface area contributed by atoms with Crippen molar-refractivity contribution in [1.29, 1.82) is 0 Å². The van der Waals surface area contributed by atoms with Crippen LogP contribution in [0.2, 0.25) is 0 Å². The second kappa shape index (κ2) is 12.9. The van der Waals surface area contributed by atoms with Gasteiger partial charge in [0.15, 0.2) is 0 Å². The fourth-order valence-electron chi connectivity index (χ4n) is 6.96. The molecule has 248 valence electrons. The largest absolute Gasteiger partial charge is 0.497 e. The molecule has 0 saturated carbocycles. The number of carbonyl (C=O) groups is 1. The molecule has 2 aromatic carbocycles. The summed E-state index contributed by atoms with van der Waals surface area (Å²) in [6, 6.07) is 20.8. The van der Waals surface area contributed by atoms with Gasteiger partial charge in [0.2, 0.25) is 0 Å². The van der Waals surface area contributed by atoms with Gasteiger partial charge in [-0.1, -0.05) is 30.3 Å². The molecule has 7 rings (SSSR count). The Labute approximate surface area is 281 Å². The average Bonchev–Trinajstić information content (AvgIpc) is 3.72. The van der Waals surface area contributed by atoms with E-state index >= 15 is 0 Å². The summed E-state index contributed by atoms with van der Waals surface area (Å²) in [5.41, 5.74) is 9.75. The second-order valence-electron chi connectivity index (χ2n) is 13.8. The van der Waals surface area contributed by atoms with E-state index in [0.29, 0.717) is 19.6 Å². The van der Waals surface area contributed by atoms with Gasteiger partial charge in [-0.15, -0.1) is 0 Å². The first-order valence-electron chi connectivity index (χ1n) is 16.8. The van der Waals surface area contributed by atoms with Crippen molar-refractivity contribution in [3.63, 3.8) is 0 Å².